The van der Waals surface area contributed by atoms with E-state index in [0.717, 1.165) is 0 Å². The topological polar surface area (TPSA) is 38.3 Å². The van der Waals surface area contributed by atoms with Crippen LogP contribution in [0.2, 0.25) is 0 Å². The molecule has 1 aliphatic heterocycles. The zero-order valence-electron chi connectivity index (χ0n) is 8.74. The second kappa shape index (κ2) is 3.76. The highest BCUT2D eigenvalue weighted by molar-refractivity contribution is 5.79. The number of hydrogen-bond acceptors (Lipinski definition) is 3. The Labute approximate surface area is 92.1 Å². The van der Waals surface area contributed by atoms with Gasteiger partial charge in [0.1, 0.15) is 6.04 Å². The maximum atomic E-state index is 12.5. The van der Waals surface area contributed by atoms with Crippen LogP contribution in [0.25, 0.3) is 0 Å². The van der Waals surface area contributed by atoms with Crippen LogP contribution in [0.5, 0.6) is 0 Å². The van der Waals surface area contributed by atoms with Crippen LogP contribution in [0, 0.1) is 5.92 Å². The van der Waals surface area contributed by atoms with E-state index in [9.17, 15) is 31.1 Å². The molecule has 1 fully saturated rings. The first-order valence-corrected chi connectivity index (χ1v) is 4.56. The number of carbonyl (C=O) groups is 1. The maximum Gasteiger partial charge on any atom is 0.452 e. The Kier molecular flexibility index (Phi) is 3.11. The number of halogens is 6. The van der Waals surface area contributed by atoms with Crippen LogP contribution in [0.3, 0.4) is 0 Å². The molecular weight excluding hydrogens is 256 g/mol. The largest absolute Gasteiger partial charge is 0.452 e. The summed E-state index contributed by atoms with van der Waals surface area (Å²) in [6.45, 7) is 2.61. The zero-order valence-corrected chi connectivity index (χ0v) is 8.74. The van der Waals surface area contributed by atoms with E-state index in [0.29, 0.717) is 0 Å². The van der Waals surface area contributed by atoms with Crippen molar-refractivity contribution < 1.29 is 35.9 Å². The van der Waals surface area contributed by atoms with E-state index in [2.05, 4.69) is 4.74 Å². The van der Waals surface area contributed by atoms with Gasteiger partial charge in [-0.3, -0.25) is 10.1 Å². The summed E-state index contributed by atoms with van der Waals surface area (Å²) in [5.74, 6) is -2.32. The van der Waals surface area contributed by atoms with E-state index >= 15 is 0 Å². The smallest absolute Gasteiger partial charge is 0.424 e. The van der Waals surface area contributed by atoms with Crippen molar-refractivity contribution in [3.05, 3.63) is 0 Å². The molecule has 1 heterocycles. The van der Waals surface area contributed by atoms with Crippen molar-refractivity contribution in [2.75, 3.05) is 0 Å². The molecule has 0 aromatic carbocycles. The lowest BCUT2D eigenvalue weighted by Gasteiger charge is -2.32. The molecule has 1 saturated heterocycles. The third-order valence-electron chi connectivity index (χ3n) is 2.33. The molecule has 0 spiro atoms. The molecule has 1 N–H and O–H groups in total. The molecule has 0 aliphatic carbocycles. The van der Waals surface area contributed by atoms with Gasteiger partial charge in [0.25, 0.3) is 0 Å². The fourth-order valence-corrected chi connectivity index (χ4v) is 1.40. The summed E-state index contributed by atoms with van der Waals surface area (Å²) in [5, 5.41) is 1.21. The fourth-order valence-electron chi connectivity index (χ4n) is 1.40. The van der Waals surface area contributed by atoms with Crippen LogP contribution in [0.4, 0.5) is 26.3 Å². The van der Waals surface area contributed by atoms with Gasteiger partial charge in [-0.05, 0) is 5.92 Å². The Balaban J connectivity index is 3.19. The van der Waals surface area contributed by atoms with Crippen LogP contribution in [-0.2, 0) is 9.53 Å². The molecule has 100 valence electrons. The second-order valence-corrected chi connectivity index (χ2v) is 3.96. The standard InChI is InChI=1S/C8H9F6NO2/c1-3(2)4-5(16)17-6(15-4,7(9,10)11)8(12,13)14/h3-4,15H,1-2H3/t4-/m0/s1. The van der Waals surface area contributed by atoms with Crippen molar-refractivity contribution in [2.24, 2.45) is 5.92 Å². The zero-order chi connectivity index (χ0) is 13.6. The molecule has 1 rings (SSSR count). The number of rotatable bonds is 1. The summed E-state index contributed by atoms with van der Waals surface area (Å²) < 4.78 is 78.3. The van der Waals surface area contributed by atoms with Crippen LogP contribution in [0.15, 0.2) is 0 Å². The number of esters is 1. The highest BCUT2D eigenvalue weighted by Gasteiger charge is 2.78. The van der Waals surface area contributed by atoms with Gasteiger partial charge in [0.2, 0.25) is 0 Å². The molecule has 0 radical (unpaired) electrons. The van der Waals surface area contributed by atoms with E-state index < -0.39 is 36.0 Å². The molecule has 1 atom stereocenters. The number of hydrogen-bond donors (Lipinski definition) is 1. The Morgan fingerprint density at radius 3 is 1.76 bits per heavy atom. The molecule has 3 nitrogen and oxygen atoms in total. The lowest BCUT2D eigenvalue weighted by Crippen LogP contribution is -2.65. The minimum atomic E-state index is -5.77. The first-order chi connectivity index (χ1) is 7.42. The van der Waals surface area contributed by atoms with E-state index in [1.165, 1.54) is 19.2 Å². The van der Waals surface area contributed by atoms with Gasteiger partial charge in [0, 0.05) is 0 Å². The van der Waals surface area contributed by atoms with Crippen molar-refractivity contribution >= 4 is 5.97 Å². The van der Waals surface area contributed by atoms with Gasteiger partial charge in [-0.1, -0.05) is 13.8 Å². The van der Waals surface area contributed by atoms with Gasteiger partial charge >= 0.3 is 24.0 Å². The summed E-state index contributed by atoms with van der Waals surface area (Å²) >= 11 is 0. The minimum absolute atomic E-state index is 0.755. The van der Waals surface area contributed by atoms with Crippen molar-refractivity contribution in [1.82, 2.24) is 5.32 Å². The summed E-state index contributed by atoms with van der Waals surface area (Å²) in [7, 11) is 0. The molecule has 0 aromatic heterocycles. The molecule has 0 aromatic rings. The first-order valence-electron chi connectivity index (χ1n) is 4.56. The number of carbonyl (C=O) groups excluding carboxylic acids is 1. The van der Waals surface area contributed by atoms with Crippen molar-refractivity contribution in [3.8, 4) is 0 Å². The molecule has 0 saturated carbocycles. The molecule has 17 heavy (non-hydrogen) atoms. The van der Waals surface area contributed by atoms with Crippen LogP contribution in [0.1, 0.15) is 13.8 Å². The van der Waals surface area contributed by atoms with Gasteiger partial charge in [0.15, 0.2) is 0 Å². The summed E-state index contributed by atoms with van der Waals surface area (Å²) in [5.41, 5.74) is -4.61. The Hall–Kier alpha value is -0.990. The summed E-state index contributed by atoms with van der Waals surface area (Å²) in [4.78, 5) is 11.0. The van der Waals surface area contributed by atoms with Crippen LogP contribution in [-0.4, -0.2) is 30.1 Å². The maximum absolute atomic E-state index is 12.5. The molecule has 0 amide bonds. The SMILES string of the molecule is CC(C)[C@@H]1NC(C(F)(F)F)(C(F)(F)F)OC1=O. The summed E-state index contributed by atoms with van der Waals surface area (Å²) in [6, 6.07) is -1.64. The minimum Gasteiger partial charge on any atom is -0.424 e. The Morgan fingerprint density at radius 1 is 1.18 bits per heavy atom. The van der Waals surface area contributed by atoms with Crippen molar-refractivity contribution in [2.45, 2.75) is 38.0 Å². The first kappa shape index (κ1) is 14.1. The van der Waals surface area contributed by atoms with E-state index in [4.69, 9.17) is 0 Å². The van der Waals surface area contributed by atoms with Gasteiger partial charge in [-0.2, -0.15) is 26.3 Å². The predicted molar refractivity (Wildman–Crippen MR) is 42.7 cm³/mol. The monoisotopic (exact) mass is 265 g/mol. The second-order valence-electron chi connectivity index (χ2n) is 3.96. The molecule has 0 unspecified atom stereocenters. The molecule has 0 bridgehead atoms. The van der Waals surface area contributed by atoms with Crippen molar-refractivity contribution in [3.63, 3.8) is 0 Å². The van der Waals surface area contributed by atoms with E-state index in [-0.39, 0.29) is 0 Å². The number of ether oxygens (including phenoxy) is 1. The molecular formula is C8H9F6NO2. The van der Waals surface area contributed by atoms with E-state index in [1.54, 1.807) is 0 Å². The number of alkyl halides is 6. The highest BCUT2D eigenvalue weighted by atomic mass is 19.4. The van der Waals surface area contributed by atoms with Gasteiger partial charge in [0.05, 0.1) is 0 Å². The third kappa shape index (κ3) is 2.07. The van der Waals surface area contributed by atoms with Gasteiger partial charge < -0.3 is 4.74 Å². The Morgan fingerprint density at radius 2 is 1.59 bits per heavy atom. The fraction of sp³-hybridized carbons (Fsp3) is 0.875. The normalized spacial score (nSPS) is 25.2. The predicted octanol–water partition coefficient (Wildman–Crippen LogP) is 1.98. The average molecular weight is 265 g/mol. The average Bonchev–Trinajstić information content (AvgIpc) is 2.41. The van der Waals surface area contributed by atoms with E-state index in [1.807, 2.05) is 0 Å². The molecule has 1 aliphatic rings. The third-order valence-corrected chi connectivity index (χ3v) is 2.33. The number of nitrogens with one attached hydrogen (secondary N) is 1. The summed E-state index contributed by atoms with van der Waals surface area (Å²) in [6.07, 6.45) is -11.5. The quantitative estimate of drug-likeness (QED) is 0.582. The van der Waals surface area contributed by atoms with Crippen LogP contribution >= 0.6 is 0 Å². The highest BCUT2D eigenvalue weighted by Crippen LogP contribution is 2.47. The van der Waals surface area contributed by atoms with Gasteiger partial charge in [-0.15, -0.1) is 0 Å². The Bertz CT molecular complexity index is 307. The number of cyclic esters (lactones) is 1. The van der Waals surface area contributed by atoms with Crippen LogP contribution < -0.4 is 5.32 Å². The van der Waals surface area contributed by atoms with Crippen molar-refractivity contribution in [1.29, 1.82) is 0 Å². The lowest BCUT2D eigenvalue weighted by atomic mass is 10.0. The molecule has 9 heteroatoms. The lowest BCUT2D eigenvalue weighted by molar-refractivity contribution is -0.369. The van der Waals surface area contributed by atoms with Gasteiger partial charge in [-0.25, -0.2) is 0 Å².